The number of likely N-dealkylation sites (N-methyl/N-ethyl adjacent to an activating group) is 1. The van der Waals surface area contributed by atoms with Gasteiger partial charge < -0.3 is 10.6 Å². The van der Waals surface area contributed by atoms with E-state index in [1.807, 2.05) is 0 Å². The molecule has 120 valence electrons. The summed E-state index contributed by atoms with van der Waals surface area (Å²) in [6.07, 6.45) is 2.12. The first-order valence-corrected chi connectivity index (χ1v) is 7.67. The minimum atomic E-state index is -0.788. The summed E-state index contributed by atoms with van der Waals surface area (Å²) in [6.45, 7) is 4.48. The highest BCUT2D eigenvalue weighted by Crippen LogP contribution is 2.19. The van der Waals surface area contributed by atoms with Crippen molar-refractivity contribution < 1.29 is 14.0 Å². The predicted molar refractivity (Wildman–Crippen MR) is 83.3 cm³/mol. The lowest BCUT2D eigenvalue weighted by Crippen LogP contribution is -2.43. The van der Waals surface area contributed by atoms with Gasteiger partial charge in [-0.25, -0.2) is 4.39 Å². The Morgan fingerprint density at radius 3 is 2.86 bits per heavy atom. The molecule has 1 aliphatic heterocycles. The Hall–Kier alpha value is -1.66. The number of carbonyl (C=O) groups excluding carboxylic acids is 2. The lowest BCUT2D eigenvalue weighted by atomic mass is 10.2. The van der Waals surface area contributed by atoms with Gasteiger partial charge >= 0.3 is 11.8 Å². The summed E-state index contributed by atoms with van der Waals surface area (Å²) in [7, 11) is 0. The fourth-order valence-corrected chi connectivity index (χ4v) is 2.78. The molecule has 5 nitrogen and oxygen atoms in total. The highest BCUT2D eigenvalue weighted by molar-refractivity contribution is 6.39. The normalized spacial score (nSPS) is 18.2. The lowest BCUT2D eigenvalue weighted by Gasteiger charge is -2.22. The molecular weight excluding hydrogens is 309 g/mol. The van der Waals surface area contributed by atoms with E-state index in [-0.39, 0.29) is 16.8 Å². The maximum atomic E-state index is 13.0. The van der Waals surface area contributed by atoms with Crippen LogP contribution in [-0.2, 0) is 9.59 Å². The molecule has 1 heterocycles. The van der Waals surface area contributed by atoms with Crippen LogP contribution in [0.3, 0.4) is 0 Å². The molecule has 0 aliphatic carbocycles. The standard InChI is InChI=1S/C15H19ClFN3O2/c1-2-20-7-3-4-11(20)9-18-14(21)15(22)19-10-5-6-13(17)12(16)8-10/h5-6,8,11H,2-4,7,9H2,1H3,(H,18,21)(H,19,22)/t11-/m1/s1. The van der Waals surface area contributed by atoms with Crippen LogP contribution in [0.1, 0.15) is 19.8 Å². The summed E-state index contributed by atoms with van der Waals surface area (Å²) >= 11 is 5.62. The van der Waals surface area contributed by atoms with E-state index in [4.69, 9.17) is 11.6 Å². The van der Waals surface area contributed by atoms with Gasteiger partial charge in [0.25, 0.3) is 0 Å². The van der Waals surface area contributed by atoms with Crippen molar-refractivity contribution in [1.82, 2.24) is 10.2 Å². The molecule has 0 aromatic heterocycles. The van der Waals surface area contributed by atoms with Crippen LogP contribution in [0.15, 0.2) is 18.2 Å². The van der Waals surface area contributed by atoms with E-state index in [9.17, 15) is 14.0 Å². The van der Waals surface area contributed by atoms with Crippen LogP contribution in [0.4, 0.5) is 10.1 Å². The zero-order valence-corrected chi connectivity index (χ0v) is 13.1. The van der Waals surface area contributed by atoms with Crippen molar-refractivity contribution in [2.75, 3.05) is 25.0 Å². The Labute approximate surface area is 133 Å². The first-order valence-electron chi connectivity index (χ1n) is 7.29. The fourth-order valence-electron chi connectivity index (χ4n) is 2.60. The predicted octanol–water partition coefficient (Wildman–Crippen LogP) is 2.02. The summed E-state index contributed by atoms with van der Waals surface area (Å²) in [5.41, 5.74) is 0.280. The molecule has 1 atom stereocenters. The van der Waals surface area contributed by atoms with E-state index in [0.29, 0.717) is 6.54 Å². The minimum Gasteiger partial charge on any atom is -0.346 e. The van der Waals surface area contributed by atoms with E-state index < -0.39 is 17.6 Å². The second kappa shape index (κ2) is 7.56. The van der Waals surface area contributed by atoms with Gasteiger partial charge in [0.15, 0.2) is 0 Å². The van der Waals surface area contributed by atoms with Crippen LogP contribution in [0.25, 0.3) is 0 Å². The molecule has 0 radical (unpaired) electrons. The summed E-state index contributed by atoms with van der Waals surface area (Å²) in [5, 5.41) is 4.92. The van der Waals surface area contributed by atoms with Gasteiger partial charge in [-0.3, -0.25) is 14.5 Å². The lowest BCUT2D eigenvalue weighted by molar-refractivity contribution is -0.136. The van der Waals surface area contributed by atoms with Crippen molar-refractivity contribution in [2.24, 2.45) is 0 Å². The highest BCUT2D eigenvalue weighted by Gasteiger charge is 2.24. The molecule has 0 saturated carbocycles. The maximum absolute atomic E-state index is 13.0. The van der Waals surface area contributed by atoms with Gasteiger partial charge in [-0.05, 0) is 44.1 Å². The number of rotatable bonds is 4. The fraction of sp³-hybridized carbons (Fsp3) is 0.467. The number of benzene rings is 1. The molecule has 22 heavy (non-hydrogen) atoms. The molecule has 0 unspecified atom stereocenters. The van der Waals surface area contributed by atoms with Gasteiger partial charge in [0.1, 0.15) is 5.82 Å². The summed E-state index contributed by atoms with van der Waals surface area (Å²) in [6, 6.07) is 4.02. The van der Waals surface area contributed by atoms with E-state index in [1.54, 1.807) is 0 Å². The van der Waals surface area contributed by atoms with Gasteiger partial charge in [-0.15, -0.1) is 0 Å². The summed E-state index contributed by atoms with van der Waals surface area (Å²) in [4.78, 5) is 25.9. The number of hydrogen-bond acceptors (Lipinski definition) is 3. The Kier molecular flexibility index (Phi) is 5.74. The Morgan fingerprint density at radius 1 is 1.41 bits per heavy atom. The van der Waals surface area contributed by atoms with Crippen molar-refractivity contribution in [3.05, 3.63) is 29.0 Å². The van der Waals surface area contributed by atoms with Crippen LogP contribution in [0.5, 0.6) is 0 Å². The van der Waals surface area contributed by atoms with E-state index in [0.717, 1.165) is 32.0 Å². The monoisotopic (exact) mass is 327 g/mol. The van der Waals surface area contributed by atoms with Crippen molar-refractivity contribution in [3.63, 3.8) is 0 Å². The summed E-state index contributed by atoms with van der Waals surface area (Å²) < 4.78 is 13.0. The van der Waals surface area contributed by atoms with Gasteiger partial charge in [0.05, 0.1) is 5.02 Å². The Bertz CT molecular complexity index is 568. The van der Waals surface area contributed by atoms with Crippen molar-refractivity contribution in [1.29, 1.82) is 0 Å². The van der Waals surface area contributed by atoms with Crippen LogP contribution in [0, 0.1) is 5.82 Å². The average molecular weight is 328 g/mol. The van der Waals surface area contributed by atoms with Crippen LogP contribution in [-0.4, -0.2) is 42.4 Å². The average Bonchev–Trinajstić information content (AvgIpc) is 2.96. The SMILES string of the molecule is CCN1CCC[C@@H]1CNC(=O)C(=O)Nc1ccc(F)c(Cl)c1. The summed E-state index contributed by atoms with van der Waals surface area (Å²) in [5.74, 6) is -2.07. The highest BCUT2D eigenvalue weighted by atomic mass is 35.5. The molecule has 1 aliphatic rings. The van der Waals surface area contributed by atoms with Gasteiger partial charge in [0, 0.05) is 18.3 Å². The molecule has 1 aromatic carbocycles. The Morgan fingerprint density at radius 2 is 2.18 bits per heavy atom. The first-order chi connectivity index (χ1) is 10.5. The molecule has 1 aromatic rings. The molecular formula is C15H19ClFN3O2. The third kappa shape index (κ3) is 4.18. The molecule has 1 fully saturated rings. The zero-order chi connectivity index (χ0) is 16.1. The molecule has 2 amide bonds. The van der Waals surface area contributed by atoms with Gasteiger partial charge in [-0.2, -0.15) is 0 Å². The Balaban J connectivity index is 1.84. The van der Waals surface area contributed by atoms with E-state index in [1.165, 1.54) is 12.1 Å². The second-order valence-electron chi connectivity index (χ2n) is 5.22. The molecule has 2 rings (SSSR count). The third-order valence-electron chi connectivity index (χ3n) is 3.79. The largest absolute Gasteiger partial charge is 0.346 e. The number of carbonyl (C=O) groups is 2. The topological polar surface area (TPSA) is 61.4 Å². The number of nitrogens with zero attached hydrogens (tertiary/aromatic N) is 1. The van der Waals surface area contributed by atoms with Gasteiger partial charge in [0.2, 0.25) is 0 Å². The number of hydrogen-bond donors (Lipinski definition) is 2. The first kappa shape index (κ1) is 16.7. The number of amides is 2. The van der Waals surface area contributed by atoms with E-state index in [2.05, 4.69) is 22.5 Å². The molecule has 0 spiro atoms. The van der Waals surface area contributed by atoms with Gasteiger partial charge in [-0.1, -0.05) is 18.5 Å². The number of anilines is 1. The minimum absolute atomic E-state index is 0.109. The zero-order valence-electron chi connectivity index (χ0n) is 12.4. The molecule has 0 bridgehead atoms. The molecule has 7 heteroatoms. The van der Waals surface area contributed by atoms with Crippen molar-refractivity contribution in [2.45, 2.75) is 25.8 Å². The van der Waals surface area contributed by atoms with Crippen molar-refractivity contribution in [3.8, 4) is 0 Å². The molecule has 1 saturated heterocycles. The maximum Gasteiger partial charge on any atom is 0.313 e. The van der Waals surface area contributed by atoms with Crippen LogP contribution >= 0.6 is 11.6 Å². The van der Waals surface area contributed by atoms with Crippen LogP contribution in [0.2, 0.25) is 5.02 Å². The van der Waals surface area contributed by atoms with Crippen LogP contribution < -0.4 is 10.6 Å². The number of nitrogens with one attached hydrogen (secondary N) is 2. The van der Waals surface area contributed by atoms with E-state index >= 15 is 0 Å². The second-order valence-corrected chi connectivity index (χ2v) is 5.62. The number of halogens is 2. The number of likely N-dealkylation sites (tertiary alicyclic amines) is 1. The molecule has 2 N–H and O–H groups in total. The third-order valence-corrected chi connectivity index (χ3v) is 4.08. The smallest absolute Gasteiger partial charge is 0.313 e. The van der Waals surface area contributed by atoms with Crippen molar-refractivity contribution >= 4 is 29.1 Å². The quantitative estimate of drug-likeness (QED) is 0.832.